The van der Waals surface area contributed by atoms with Gasteiger partial charge in [0.25, 0.3) is 0 Å². The maximum Gasteiger partial charge on any atom is 0.220 e. The summed E-state index contributed by atoms with van der Waals surface area (Å²) in [6.45, 7) is 6.88. The van der Waals surface area contributed by atoms with Crippen LogP contribution in [0.2, 0.25) is 0 Å². The van der Waals surface area contributed by atoms with Gasteiger partial charge in [-0.25, -0.2) is 0 Å². The fraction of sp³-hybridized carbons (Fsp3) is 0.917. The summed E-state index contributed by atoms with van der Waals surface area (Å²) in [5, 5.41) is 3.10. The first-order valence-corrected chi connectivity index (χ1v) is 5.99. The van der Waals surface area contributed by atoms with Gasteiger partial charge in [0.1, 0.15) is 0 Å². The lowest BCUT2D eigenvalue weighted by molar-refractivity contribution is -0.123. The average molecular weight is 249 g/mol. The van der Waals surface area contributed by atoms with Crippen molar-refractivity contribution in [1.29, 1.82) is 0 Å². The highest BCUT2D eigenvalue weighted by Crippen LogP contribution is 2.38. The fourth-order valence-electron chi connectivity index (χ4n) is 1.84. The lowest BCUT2D eigenvalue weighted by Gasteiger charge is -2.29. The fourth-order valence-corrected chi connectivity index (χ4v) is 1.84. The van der Waals surface area contributed by atoms with Gasteiger partial charge in [-0.1, -0.05) is 13.8 Å². The summed E-state index contributed by atoms with van der Waals surface area (Å²) >= 11 is 0. The molecule has 1 rings (SSSR count). The Morgan fingerprint density at radius 3 is 2.44 bits per heavy atom. The molecule has 1 atom stereocenters. The summed E-state index contributed by atoms with van der Waals surface area (Å²) in [4.78, 5) is 11.7. The Labute approximate surface area is 105 Å². The molecule has 0 saturated heterocycles. The predicted octanol–water partition coefficient (Wildman–Crippen LogP) is 2.09. The Balaban J connectivity index is 0.00000225. The molecule has 0 aromatic rings. The van der Waals surface area contributed by atoms with Crippen LogP contribution in [0.5, 0.6) is 0 Å². The zero-order valence-electron chi connectivity index (χ0n) is 10.6. The Kier molecular flexibility index (Phi) is 6.34. The van der Waals surface area contributed by atoms with E-state index >= 15 is 0 Å². The van der Waals surface area contributed by atoms with Gasteiger partial charge in [-0.05, 0) is 38.0 Å². The van der Waals surface area contributed by atoms with Crippen LogP contribution in [0.3, 0.4) is 0 Å². The standard InChI is InChI=1S/C12H24N2O.ClH/c1-9(2)4-7-11(15)14-12(3,8-13)10-5-6-10;/h9-10H,4-8,13H2,1-3H3,(H,14,15);1H. The average Bonchev–Trinajstić information content (AvgIpc) is 2.97. The topological polar surface area (TPSA) is 55.1 Å². The van der Waals surface area contributed by atoms with Crippen LogP contribution >= 0.6 is 12.4 Å². The summed E-state index contributed by atoms with van der Waals surface area (Å²) < 4.78 is 0. The van der Waals surface area contributed by atoms with Gasteiger partial charge in [0.05, 0.1) is 5.54 Å². The van der Waals surface area contributed by atoms with E-state index in [0.717, 1.165) is 6.42 Å². The largest absolute Gasteiger partial charge is 0.349 e. The molecule has 16 heavy (non-hydrogen) atoms. The summed E-state index contributed by atoms with van der Waals surface area (Å²) in [7, 11) is 0. The molecule has 0 heterocycles. The highest BCUT2D eigenvalue weighted by atomic mass is 35.5. The number of hydrogen-bond acceptors (Lipinski definition) is 2. The van der Waals surface area contributed by atoms with Gasteiger partial charge in [-0.2, -0.15) is 0 Å². The number of hydrogen-bond donors (Lipinski definition) is 2. The van der Waals surface area contributed by atoms with Crippen molar-refractivity contribution in [3.05, 3.63) is 0 Å². The van der Waals surface area contributed by atoms with E-state index in [1.54, 1.807) is 0 Å². The highest BCUT2D eigenvalue weighted by molar-refractivity contribution is 5.85. The molecule has 96 valence electrons. The number of amides is 1. The molecule has 0 aromatic carbocycles. The van der Waals surface area contributed by atoms with Gasteiger partial charge in [0.15, 0.2) is 0 Å². The minimum absolute atomic E-state index is 0. The molecule has 1 saturated carbocycles. The van der Waals surface area contributed by atoms with E-state index in [4.69, 9.17) is 5.73 Å². The molecular weight excluding hydrogens is 224 g/mol. The summed E-state index contributed by atoms with van der Waals surface area (Å²) in [6.07, 6.45) is 3.99. The van der Waals surface area contributed by atoms with Crippen molar-refractivity contribution in [2.24, 2.45) is 17.6 Å². The molecule has 0 radical (unpaired) electrons. The van der Waals surface area contributed by atoms with Crippen LogP contribution in [0.15, 0.2) is 0 Å². The highest BCUT2D eigenvalue weighted by Gasteiger charge is 2.41. The van der Waals surface area contributed by atoms with E-state index in [9.17, 15) is 4.79 Å². The van der Waals surface area contributed by atoms with Gasteiger partial charge in [-0.15, -0.1) is 12.4 Å². The molecule has 0 aliphatic heterocycles. The van der Waals surface area contributed by atoms with Crippen LogP contribution < -0.4 is 11.1 Å². The van der Waals surface area contributed by atoms with Crippen LogP contribution in [0, 0.1) is 11.8 Å². The van der Waals surface area contributed by atoms with Crippen LogP contribution in [0.4, 0.5) is 0 Å². The van der Waals surface area contributed by atoms with Gasteiger partial charge in [0.2, 0.25) is 5.91 Å². The third-order valence-electron chi connectivity index (χ3n) is 3.28. The monoisotopic (exact) mass is 248 g/mol. The number of halogens is 1. The van der Waals surface area contributed by atoms with Crippen molar-refractivity contribution < 1.29 is 4.79 Å². The second-order valence-corrected chi connectivity index (χ2v) is 5.38. The van der Waals surface area contributed by atoms with Crippen molar-refractivity contribution in [1.82, 2.24) is 5.32 Å². The Bertz CT molecular complexity index is 229. The maximum atomic E-state index is 11.7. The van der Waals surface area contributed by atoms with Crippen molar-refractivity contribution in [2.45, 2.75) is 52.0 Å². The molecule has 1 aliphatic carbocycles. The van der Waals surface area contributed by atoms with Crippen molar-refractivity contribution >= 4 is 18.3 Å². The maximum absolute atomic E-state index is 11.7. The van der Waals surface area contributed by atoms with Gasteiger partial charge < -0.3 is 11.1 Å². The third kappa shape index (κ3) is 4.71. The summed E-state index contributed by atoms with van der Waals surface area (Å²) in [5.74, 6) is 1.34. The van der Waals surface area contributed by atoms with Crippen molar-refractivity contribution in [3.8, 4) is 0 Å². The molecule has 0 spiro atoms. The molecule has 3 N–H and O–H groups in total. The SMILES string of the molecule is CC(C)CCC(=O)NC(C)(CN)C1CC1.Cl. The smallest absolute Gasteiger partial charge is 0.220 e. The molecule has 1 unspecified atom stereocenters. The third-order valence-corrected chi connectivity index (χ3v) is 3.28. The molecule has 0 aromatic heterocycles. The Morgan fingerprint density at radius 1 is 1.50 bits per heavy atom. The number of carbonyl (C=O) groups excluding carboxylic acids is 1. The minimum Gasteiger partial charge on any atom is -0.349 e. The number of carbonyl (C=O) groups is 1. The van der Waals surface area contributed by atoms with Crippen molar-refractivity contribution in [2.75, 3.05) is 6.54 Å². The number of nitrogens with two attached hydrogens (primary N) is 1. The molecule has 1 aliphatic rings. The second kappa shape index (κ2) is 6.45. The predicted molar refractivity (Wildman–Crippen MR) is 69.6 cm³/mol. The van der Waals surface area contributed by atoms with E-state index in [-0.39, 0.29) is 23.9 Å². The van der Waals surface area contributed by atoms with E-state index in [1.165, 1.54) is 12.8 Å². The lowest BCUT2D eigenvalue weighted by Crippen LogP contribution is -2.53. The Morgan fingerprint density at radius 2 is 2.06 bits per heavy atom. The first-order valence-electron chi connectivity index (χ1n) is 5.99. The van der Waals surface area contributed by atoms with E-state index in [0.29, 0.717) is 24.8 Å². The zero-order valence-corrected chi connectivity index (χ0v) is 11.4. The minimum atomic E-state index is -0.159. The van der Waals surface area contributed by atoms with E-state index in [2.05, 4.69) is 26.1 Å². The second-order valence-electron chi connectivity index (χ2n) is 5.38. The first kappa shape index (κ1) is 15.7. The van der Waals surface area contributed by atoms with Gasteiger partial charge in [-0.3, -0.25) is 4.79 Å². The van der Waals surface area contributed by atoms with E-state index < -0.39 is 0 Å². The zero-order chi connectivity index (χ0) is 11.5. The molecule has 4 heteroatoms. The van der Waals surface area contributed by atoms with Crippen LogP contribution in [-0.2, 0) is 4.79 Å². The molecular formula is C12H25ClN2O. The van der Waals surface area contributed by atoms with Crippen LogP contribution in [0.1, 0.15) is 46.5 Å². The lowest BCUT2D eigenvalue weighted by atomic mass is 9.95. The quantitative estimate of drug-likeness (QED) is 0.756. The summed E-state index contributed by atoms with van der Waals surface area (Å²) in [5.41, 5.74) is 5.58. The van der Waals surface area contributed by atoms with E-state index in [1.807, 2.05) is 0 Å². The normalized spacial score (nSPS) is 18.8. The number of rotatable bonds is 6. The molecule has 3 nitrogen and oxygen atoms in total. The first-order chi connectivity index (χ1) is 6.98. The van der Waals surface area contributed by atoms with Crippen molar-refractivity contribution in [3.63, 3.8) is 0 Å². The van der Waals surface area contributed by atoms with Gasteiger partial charge in [0, 0.05) is 13.0 Å². The molecule has 1 amide bonds. The summed E-state index contributed by atoms with van der Waals surface area (Å²) in [6, 6.07) is 0. The van der Waals surface area contributed by atoms with Crippen LogP contribution in [0.25, 0.3) is 0 Å². The number of nitrogens with one attached hydrogen (secondary N) is 1. The Hall–Kier alpha value is -0.280. The molecule has 0 bridgehead atoms. The van der Waals surface area contributed by atoms with Gasteiger partial charge >= 0.3 is 0 Å². The molecule has 1 fully saturated rings. The van der Waals surface area contributed by atoms with Crippen LogP contribution in [-0.4, -0.2) is 18.0 Å².